The quantitative estimate of drug-likeness (QED) is 0.616. The fourth-order valence-corrected chi connectivity index (χ4v) is 3.33. The van der Waals surface area contributed by atoms with Crippen LogP contribution in [-0.4, -0.2) is 29.7 Å². The summed E-state index contributed by atoms with van der Waals surface area (Å²) in [4.78, 5) is 0.438. The maximum Gasteiger partial charge on any atom is 0.264 e. The zero-order valence-corrected chi connectivity index (χ0v) is 15.0. The maximum absolute atomic E-state index is 12.2. The first-order valence-corrected chi connectivity index (χ1v) is 10.2. The first-order valence-electron chi connectivity index (χ1n) is 6.87. The van der Waals surface area contributed by atoms with Crippen LogP contribution in [0.2, 0.25) is 0 Å². The van der Waals surface area contributed by atoms with Crippen LogP contribution in [-0.2, 0) is 24.1 Å². The Labute approximate surface area is 142 Å². The van der Waals surface area contributed by atoms with E-state index in [0.29, 0.717) is 11.4 Å². The molecular weight excluding hydrogens is 352 g/mol. The summed E-state index contributed by atoms with van der Waals surface area (Å²) in [6, 6.07) is 12.2. The van der Waals surface area contributed by atoms with E-state index in [1.54, 1.807) is 31.2 Å². The van der Waals surface area contributed by atoms with Gasteiger partial charge in [0.15, 0.2) is 0 Å². The number of anilines is 2. The number of sulfone groups is 1. The highest BCUT2D eigenvalue weighted by atomic mass is 32.2. The molecule has 0 aliphatic carbocycles. The van der Waals surface area contributed by atoms with Gasteiger partial charge in [-0.2, -0.15) is 8.42 Å². The van der Waals surface area contributed by atoms with Crippen molar-refractivity contribution in [1.82, 2.24) is 0 Å². The number of benzene rings is 2. The minimum atomic E-state index is -3.48. The fourth-order valence-electron chi connectivity index (χ4n) is 1.64. The van der Waals surface area contributed by atoms with Crippen LogP contribution >= 0.6 is 0 Å². The smallest absolute Gasteiger partial charge is 0.264 e. The van der Waals surface area contributed by atoms with E-state index >= 15 is 0 Å². The second-order valence-electron chi connectivity index (χ2n) is 4.75. The van der Waals surface area contributed by atoms with E-state index in [9.17, 15) is 16.8 Å². The van der Waals surface area contributed by atoms with Crippen LogP contribution in [0.25, 0.3) is 0 Å². The van der Waals surface area contributed by atoms with Crippen molar-refractivity contribution in [2.45, 2.75) is 16.7 Å². The number of hydrogen-bond donors (Lipinski definition) is 2. The first-order chi connectivity index (χ1) is 11.1. The van der Waals surface area contributed by atoms with Crippen LogP contribution in [0.1, 0.15) is 6.92 Å². The van der Waals surface area contributed by atoms with Crippen molar-refractivity contribution in [3.8, 4) is 0 Å². The van der Waals surface area contributed by atoms with Gasteiger partial charge in [0.25, 0.3) is 10.1 Å². The molecule has 0 amide bonds. The van der Waals surface area contributed by atoms with Gasteiger partial charge in [-0.15, -0.1) is 0 Å². The van der Waals surface area contributed by atoms with E-state index < -0.39 is 20.0 Å². The maximum atomic E-state index is 12.2. The average Bonchev–Trinajstić information content (AvgIpc) is 2.47. The molecule has 0 radical (unpaired) electrons. The monoisotopic (exact) mass is 372 g/mol. The molecule has 0 atom stereocenters. The van der Waals surface area contributed by atoms with Gasteiger partial charge in [0, 0.05) is 11.4 Å². The summed E-state index contributed by atoms with van der Waals surface area (Å²) in [7, 11) is -6.66. The second kappa shape index (κ2) is 8.13. The Morgan fingerprint density at radius 1 is 0.792 bits per heavy atom. The third-order valence-corrected chi connectivity index (χ3v) is 5.16. The zero-order chi connectivity index (χ0) is 18.4. The predicted molar refractivity (Wildman–Crippen MR) is 93.6 cm³/mol. The summed E-state index contributed by atoms with van der Waals surface area (Å²) in [5, 5.41) is 0. The van der Waals surface area contributed by atoms with Gasteiger partial charge in [-0.1, -0.05) is 0 Å². The molecule has 0 aliphatic heterocycles. The Balaban J connectivity index is 0.000000351. The van der Waals surface area contributed by atoms with E-state index in [0.717, 1.165) is 6.26 Å². The standard InChI is InChI=1S/C12H12N2O2S.C3H8O3S/c13-9-1-5-11(6-2-9)17(15,16)12-7-3-10(14)4-8-12;1-3-6-7(2,4)5/h1-8H,13-14H2;3H2,1-2H3. The molecule has 24 heavy (non-hydrogen) atoms. The van der Waals surface area contributed by atoms with E-state index in [1.807, 2.05) is 0 Å². The van der Waals surface area contributed by atoms with Crippen LogP contribution in [0.4, 0.5) is 11.4 Å². The van der Waals surface area contributed by atoms with Crippen LogP contribution in [0.15, 0.2) is 58.3 Å². The Morgan fingerprint density at radius 3 is 1.33 bits per heavy atom. The number of nitrogen functional groups attached to an aromatic ring is 2. The lowest BCUT2D eigenvalue weighted by Crippen LogP contribution is -2.02. The lowest BCUT2D eigenvalue weighted by molar-refractivity contribution is 0.342. The minimum absolute atomic E-state index is 0.219. The molecule has 0 unspecified atom stereocenters. The predicted octanol–water partition coefficient (Wildman–Crippen LogP) is 1.67. The average molecular weight is 372 g/mol. The lowest BCUT2D eigenvalue weighted by Gasteiger charge is -2.05. The van der Waals surface area contributed by atoms with E-state index in [2.05, 4.69) is 4.18 Å². The van der Waals surface area contributed by atoms with Crippen molar-refractivity contribution in [1.29, 1.82) is 0 Å². The molecule has 9 heteroatoms. The molecule has 7 nitrogen and oxygen atoms in total. The molecule has 0 spiro atoms. The Hall–Kier alpha value is -2.10. The highest BCUT2D eigenvalue weighted by Crippen LogP contribution is 2.22. The fraction of sp³-hybridized carbons (Fsp3) is 0.200. The first kappa shape index (κ1) is 19.9. The van der Waals surface area contributed by atoms with Gasteiger partial charge < -0.3 is 11.5 Å². The van der Waals surface area contributed by atoms with Gasteiger partial charge in [0.2, 0.25) is 9.84 Å². The lowest BCUT2D eigenvalue weighted by atomic mass is 10.3. The molecule has 2 aromatic rings. The summed E-state index contributed by atoms with van der Waals surface area (Å²) in [6.07, 6.45) is 1.02. The molecule has 2 rings (SSSR count). The molecule has 0 saturated heterocycles. The highest BCUT2D eigenvalue weighted by molar-refractivity contribution is 7.91. The Bertz CT molecular complexity index is 808. The van der Waals surface area contributed by atoms with Crippen LogP contribution in [0, 0.1) is 0 Å². The topological polar surface area (TPSA) is 130 Å². The third-order valence-electron chi connectivity index (χ3n) is 2.71. The van der Waals surface area contributed by atoms with Crippen molar-refractivity contribution in [3.05, 3.63) is 48.5 Å². The number of nitrogens with two attached hydrogens (primary N) is 2. The SMILES string of the molecule is CCOS(C)(=O)=O.Nc1ccc(S(=O)(=O)c2ccc(N)cc2)cc1. The third kappa shape index (κ3) is 6.19. The summed E-state index contributed by atoms with van der Waals surface area (Å²) in [5.74, 6) is 0. The van der Waals surface area contributed by atoms with Gasteiger partial charge in [0.1, 0.15) is 0 Å². The van der Waals surface area contributed by atoms with Crippen molar-refractivity contribution in [2.75, 3.05) is 24.3 Å². The van der Waals surface area contributed by atoms with Gasteiger partial charge in [-0.05, 0) is 55.5 Å². The molecular formula is C15H20N2O5S2. The van der Waals surface area contributed by atoms with Crippen molar-refractivity contribution in [2.24, 2.45) is 0 Å². The number of hydrogen-bond acceptors (Lipinski definition) is 7. The van der Waals surface area contributed by atoms with Crippen molar-refractivity contribution >= 4 is 31.3 Å². The molecule has 0 aliphatic rings. The summed E-state index contributed by atoms with van der Waals surface area (Å²) in [5.41, 5.74) is 12.1. The van der Waals surface area contributed by atoms with Gasteiger partial charge >= 0.3 is 0 Å². The molecule has 0 heterocycles. The molecule has 0 aromatic heterocycles. The van der Waals surface area contributed by atoms with E-state index in [4.69, 9.17) is 11.5 Å². The molecule has 2 aromatic carbocycles. The molecule has 0 fully saturated rings. The Kier molecular flexibility index (Phi) is 6.76. The van der Waals surface area contributed by atoms with E-state index in [-0.39, 0.29) is 16.4 Å². The normalized spacial score (nSPS) is 11.4. The van der Waals surface area contributed by atoms with Gasteiger partial charge in [-0.3, -0.25) is 4.18 Å². The second-order valence-corrected chi connectivity index (χ2v) is 8.35. The van der Waals surface area contributed by atoms with Crippen LogP contribution < -0.4 is 11.5 Å². The number of rotatable bonds is 4. The summed E-state index contributed by atoms with van der Waals surface area (Å²) >= 11 is 0. The molecule has 4 N–H and O–H groups in total. The Morgan fingerprint density at radius 2 is 1.12 bits per heavy atom. The largest absolute Gasteiger partial charge is 0.399 e. The van der Waals surface area contributed by atoms with E-state index in [1.165, 1.54) is 24.3 Å². The molecule has 132 valence electrons. The van der Waals surface area contributed by atoms with Gasteiger partial charge in [0.05, 0.1) is 22.7 Å². The van der Waals surface area contributed by atoms with Crippen molar-refractivity contribution < 1.29 is 21.0 Å². The van der Waals surface area contributed by atoms with Crippen LogP contribution in [0.3, 0.4) is 0 Å². The highest BCUT2D eigenvalue weighted by Gasteiger charge is 2.16. The zero-order valence-electron chi connectivity index (χ0n) is 13.3. The molecule has 0 saturated carbocycles. The summed E-state index contributed by atoms with van der Waals surface area (Å²) < 4.78 is 48.6. The van der Waals surface area contributed by atoms with Crippen molar-refractivity contribution in [3.63, 3.8) is 0 Å². The summed E-state index contributed by atoms with van der Waals surface area (Å²) in [6.45, 7) is 1.85. The molecule has 0 bridgehead atoms. The van der Waals surface area contributed by atoms with Gasteiger partial charge in [-0.25, -0.2) is 8.42 Å². The minimum Gasteiger partial charge on any atom is -0.399 e. The van der Waals surface area contributed by atoms with Crippen LogP contribution in [0.5, 0.6) is 0 Å².